The molecule has 1 aliphatic rings. The first-order chi connectivity index (χ1) is 11.2. The molecule has 0 saturated carbocycles. The van der Waals surface area contributed by atoms with Crippen LogP contribution in [0.25, 0.3) is 11.3 Å². The van der Waals surface area contributed by atoms with E-state index in [9.17, 15) is 0 Å². The molecule has 110 valence electrons. The fraction of sp³-hybridized carbons (Fsp3) is 0.0625. The highest BCUT2D eigenvalue weighted by atomic mass is 35.5. The van der Waals surface area contributed by atoms with Crippen LogP contribution in [0.1, 0.15) is 22.6 Å². The molecule has 2 aromatic rings. The zero-order valence-electron chi connectivity index (χ0n) is 11.7. The van der Waals surface area contributed by atoms with Crippen molar-refractivity contribution in [1.29, 1.82) is 10.5 Å². The fourth-order valence-electron chi connectivity index (χ4n) is 2.24. The van der Waals surface area contributed by atoms with Crippen molar-refractivity contribution < 1.29 is 4.84 Å². The van der Waals surface area contributed by atoms with Crippen LogP contribution in [0.15, 0.2) is 36.0 Å². The fourth-order valence-corrected chi connectivity index (χ4v) is 2.41. The average molecular weight is 322 g/mol. The summed E-state index contributed by atoms with van der Waals surface area (Å²) in [5, 5.41) is 22.8. The van der Waals surface area contributed by atoms with Gasteiger partial charge in [0.05, 0.1) is 0 Å². The third kappa shape index (κ3) is 2.42. The maximum Gasteiger partial charge on any atom is 0.177 e. The van der Waals surface area contributed by atoms with Crippen LogP contribution in [0.4, 0.5) is 0 Å². The van der Waals surface area contributed by atoms with Gasteiger partial charge in [0.25, 0.3) is 0 Å². The van der Waals surface area contributed by atoms with Crippen molar-refractivity contribution in [3.05, 3.63) is 58.5 Å². The molecule has 0 aliphatic heterocycles. The van der Waals surface area contributed by atoms with Crippen LogP contribution >= 0.6 is 11.6 Å². The van der Waals surface area contributed by atoms with Gasteiger partial charge in [-0.1, -0.05) is 35.5 Å². The van der Waals surface area contributed by atoms with Gasteiger partial charge in [0.2, 0.25) is 0 Å². The predicted molar refractivity (Wildman–Crippen MR) is 83.7 cm³/mol. The van der Waals surface area contributed by atoms with E-state index in [0.717, 1.165) is 5.56 Å². The molecule has 0 bridgehead atoms. The lowest BCUT2D eigenvalue weighted by Gasteiger charge is -2.01. The van der Waals surface area contributed by atoms with E-state index in [4.69, 9.17) is 27.0 Å². The molecular formula is C16H8ClN5O. The maximum atomic E-state index is 9.13. The molecule has 7 heteroatoms. The number of hydrogen-bond donors (Lipinski definition) is 0. The summed E-state index contributed by atoms with van der Waals surface area (Å²) < 4.78 is 0. The first-order valence-electron chi connectivity index (χ1n) is 6.53. The summed E-state index contributed by atoms with van der Waals surface area (Å²) in [5.41, 5.74) is 2.63. The second-order valence-corrected chi connectivity index (χ2v) is 4.99. The van der Waals surface area contributed by atoms with Crippen LogP contribution < -0.4 is 0 Å². The smallest absolute Gasteiger partial charge is 0.177 e. The number of nitriles is 2. The van der Waals surface area contributed by atoms with E-state index in [2.05, 4.69) is 21.7 Å². The van der Waals surface area contributed by atoms with Gasteiger partial charge in [0.1, 0.15) is 35.8 Å². The highest BCUT2D eigenvalue weighted by molar-refractivity contribution is 6.32. The summed E-state index contributed by atoms with van der Waals surface area (Å²) in [5.74, 6) is 0. The van der Waals surface area contributed by atoms with Crippen molar-refractivity contribution in [1.82, 2.24) is 9.97 Å². The predicted octanol–water partition coefficient (Wildman–Crippen LogP) is 2.81. The summed E-state index contributed by atoms with van der Waals surface area (Å²) in [6.07, 6.45) is 1.56. The van der Waals surface area contributed by atoms with E-state index in [0.29, 0.717) is 27.7 Å². The Labute approximate surface area is 136 Å². The van der Waals surface area contributed by atoms with Crippen LogP contribution in [0, 0.1) is 22.7 Å². The van der Waals surface area contributed by atoms with Gasteiger partial charge >= 0.3 is 0 Å². The molecule has 23 heavy (non-hydrogen) atoms. The minimum Gasteiger partial charge on any atom is -0.391 e. The van der Waals surface area contributed by atoms with Gasteiger partial charge in [0, 0.05) is 16.1 Å². The molecule has 1 aromatic carbocycles. The zero-order chi connectivity index (χ0) is 16.4. The highest BCUT2D eigenvalue weighted by Crippen LogP contribution is 2.36. The minimum atomic E-state index is -0.0541. The first-order valence-corrected chi connectivity index (χ1v) is 6.91. The lowest BCUT2D eigenvalue weighted by molar-refractivity contribution is 0.175. The normalized spacial score (nSPS) is 12.9. The Morgan fingerprint density at radius 3 is 2.52 bits per heavy atom. The second-order valence-electron chi connectivity index (χ2n) is 4.56. The number of fused-ring (bicyclic) bond motifs is 3. The molecule has 0 radical (unpaired) electrons. The van der Waals surface area contributed by atoms with E-state index in [1.165, 1.54) is 0 Å². The molecule has 1 aliphatic carbocycles. The van der Waals surface area contributed by atoms with E-state index in [-0.39, 0.29) is 18.0 Å². The van der Waals surface area contributed by atoms with Gasteiger partial charge in [0.15, 0.2) is 11.4 Å². The van der Waals surface area contributed by atoms with Crippen LogP contribution in [0.5, 0.6) is 0 Å². The molecule has 0 atom stereocenters. The van der Waals surface area contributed by atoms with Gasteiger partial charge in [-0.05, 0) is 12.1 Å². The van der Waals surface area contributed by atoms with Gasteiger partial charge in [-0.2, -0.15) is 10.5 Å². The zero-order valence-corrected chi connectivity index (χ0v) is 12.5. The Morgan fingerprint density at radius 2 is 1.87 bits per heavy atom. The van der Waals surface area contributed by atoms with Gasteiger partial charge in [-0.25, -0.2) is 9.97 Å². The lowest BCUT2D eigenvalue weighted by atomic mass is 10.1. The SMILES string of the molecule is C=CCO/N=C1/c2ccc(Cl)cc2-c2nc(C#N)c(C#N)nc21. The van der Waals surface area contributed by atoms with E-state index >= 15 is 0 Å². The molecule has 0 N–H and O–H groups in total. The number of nitrogens with zero attached hydrogens (tertiary/aromatic N) is 5. The van der Waals surface area contributed by atoms with Gasteiger partial charge in [-0.15, -0.1) is 0 Å². The molecule has 0 fully saturated rings. The topological polar surface area (TPSA) is 95.0 Å². The molecule has 6 nitrogen and oxygen atoms in total. The van der Waals surface area contributed by atoms with Crippen molar-refractivity contribution >= 4 is 17.3 Å². The second kappa shape index (κ2) is 5.88. The summed E-state index contributed by atoms with van der Waals surface area (Å²) in [7, 11) is 0. The van der Waals surface area contributed by atoms with E-state index < -0.39 is 0 Å². The quantitative estimate of drug-likeness (QED) is 0.420. The molecule has 3 rings (SSSR count). The van der Waals surface area contributed by atoms with Crippen molar-refractivity contribution in [3.63, 3.8) is 0 Å². The standard InChI is InChI=1S/C16H8ClN5O/c1-2-5-23-22-15-10-4-3-9(17)6-11(10)14-16(15)21-13(8-19)12(7-18)20-14/h2-4,6H,1,5H2/b22-15-. The highest BCUT2D eigenvalue weighted by Gasteiger charge is 2.30. The third-order valence-corrected chi connectivity index (χ3v) is 3.41. The van der Waals surface area contributed by atoms with Crippen LogP contribution in [-0.2, 0) is 4.84 Å². The van der Waals surface area contributed by atoms with Crippen LogP contribution in [-0.4, -0.2) is 22.3 Å². The van der Waals surface area contributed by atoms with Crippen molar-refractivity contribution in [2.24, 2.45) is 5.16 Å². The Balaban J connectivity index is 2.27. The largest absolute Gasteiger partial charge is 0.391 e. The Bertz CT molecular complexity index is 937. The summed E-state index contributed by atoms with van der Waals surface area (Å²) in [6.45, 7) is 3.79. The first kappa shape index (κ1) is 14.7. The molecule has 1 aromatic heterocycles. The average Bonchev–Trinajstić information content (AvgIpc) is 2.86. The van der Waals surface area contributed by atoms with Crippen LogP contribution in [0.3, 0.4) is 0 Å². The van der Waals surface area contributed by atoms with Crippen molar-refractivity contribution in [2.75, 3.05) is 6.61 Å². The minimum absolute atomic E-state index is 0.0366. The number of rotatable bonds is 3. The Hall–Kier alpha value is -3.22. The Kier molecular flexibility index (Phi) is 3.76. The summed E-state index contributed by atoms with van der Waals surface area (Å²) >= 11 is 6.05. The third-order valence-electron chi connectivity index (χ3n) is 3.17. The number of hydrogen-bond acceptors (Lipinski definition) is 6. The monoisotopic (exact) mass is 321 g/mol. The molecular weight excluding hydrogens is 314 g/mol. The molecule has 0 spiro atoms. The number of aromatic nitrogens is 2. The molecule has 0 amide bonds. The Morgan fingerprint density at radius 1 is 1.17 bits per heavy atom. The molecule has 0 saturated heterocycles. The lowest BCUT2D eigenvalue weighted by Crippen LogP contribution is -2.06. The maximum absolute atomic E-state index is 9.13. The summed E-state index contributed by atoms with van der Waals surface area (Å²) in [4.78, 5) is 13.6. The van der Waals surface area contributed by atoms with Crippen molar-refractivity contribution in [2.45, 2.75) is 0 Å². The van der Waals surface area contributed by atoms with Crippen molar-refractivity contribution in [3.8, 4) is 23.4 Å². The van der Waals surface area contributed by atoms with Gasteiger partial charge < -0.3 is 4.84 Å². The van der Waals surface area contributed by atoms with E-state index in [1.807, 2.05) is 12.1 Å². The molecule has 0 unspecified atom stereocenters. The summed E-state index contributed by atoms with van der Waals surface area (Å²) in [6, 6.07) is 8.95. The number of benzene rings is 1. The van der Waals surface area contributed by atoms with E-state index in [1.54, 1.807) is 24.3 Å². The molecule has 1 heterocycles. The van der Waals surface area contributed by atoms with Crippen LogP contribution in [0.2, 0.25) is 5.02 Å². The van der Waals surface area contributed by atoms with Gasteiger partial charge in [-0.3, -0.25) is 0 Å². The number of halogens is 1. The number of oxime groups is 1.